The second-order valence-electron chi connectivity index (χ2n) is 14.2. The lowest BCUT2D eigenvalue weighted by molar-refractivity contribution is 0.00380. The highest BCUT2D eigenvalue weighted by Crippen LogP contribution is 2.28. The summed E-state index contributed by atoms with van der Waals surface area (Å²) in [6.07, 6.45) is 24.8. The van der Waals surface area contributed by atoms with Gasteiger partial charge in [0, 0.05) is 0 Å². The molecule has 0 N–H and O–H groups in total. The van der Waals surface area contributed by atoms with Crippen LogP contribution in [0.15, 0.2) is 82.6 Å². The van der Waals surface area contributed by atoms with E-state index in [1.807, 2.05) is 24.3 Å². The largest absolute Gasteiger partial charge is 0.504 e. The molecule has 0 atom stereocenters. The van der Waals surface area contributed by atoms with Crippen LogP contribution in [0, 0.1) is 0 Å². The van der Waals surface area contributed by atoms with Crippen LogP contribution in [0.2, 0.25) is 0 Å². The van der Waals surface area contributed by atoms with Crippen molar-refractivity contribution in [2.75, 3.05) is 0 Å². The fourth-order valence-electron chi connectivity index (χ4n) is 6.93. The van der Waals surface area contributed by atoms with E-state index in [4.69, 9.17) is 0 Å². The summed E-state index contributed by atoms with van der Waals surface area (Å²) in [5.74, 6) is 0. The highest BCUT2D eigenvalue weighted by molar-refractivity contribution is 8.31. The number of benzene rings is 4. The van der Waals surface area contributed by atoms with Gasteiger partial charge in [0.1, 0.15) is 0 Å². The van der Waals surface area contributed by atoms with Crippen LogP contribution in [-0.2, 0) is 32.5 Å². The third kappa shape index (κ3) is 11.8. The van der Waals surface area contributed by atoms with Crippen molar-refractivity contribution in [3.8, 4) is 0 Å². The van der Waals surface area contributed by atoms with E-state index in [0.717, 1.165) is 36.5 Å². The maximum absolute atomic E-state index is 13.7. The molecule has 0 radical (unpaired) electrons. The number of hydrogen-bond acceptors (Lipinski definition) is 4. The molecule has 4 aromatic carbocycles. The van der Waals surface area contributed by atoms with E-state index in [0.29, 0.717) is 10.8 Å². The maximum atomic E-state index is 13.7. The molecule has 6 nitrogen and oxygen atoms in total. The summed E-state index contributed by atoms with van der Waals surface area (Å²) in [7, 11) is -9.32. The van der Waals surface area contributed by atoms with Crippen molar-refractivity contribution in [2.24, 2.45) is 0 Å². The third-order valence-corrected chi connectivity index (χ3v) is 14.2. The molecular formula is C43H58N2O4S2. The van der Waals surface area contributed by atoms with E-state index >= 15 is 0 Å². The molecule has 51 heavy (non-hydrogen) atoms. The minimum Gasteiger partial charge on any atom is -0.359 e. The minimum absolute atomic E-state index is 0.236. The third-order valence-electron chi connectivity index (χ3n) is 10.1. The van der Waals surface area contributed by atoms with Crippen LogP contribution in [0.4, 0.5) is 0 Å². The molecule has 0 aliphatic rings. The molecule has 0 bridgehead atoms. The van der Waals surface area contributed by atoms with Gasteiger partial charge in [0.2, 0.25) is 0 Å². The van der Waals surface area contributed by atoms with E-state index in [2.05, 4.69) is 30.8 Å². The van der Waals surface area contributed by atoms with Crippen molar-refractivity contribution in [1.29, 1.82) is 0 Å². The highest BCUT2D eigenvalue weighted by atomic mass is 32.3. The average Bonchev–Trinajstić information content (AvgIpc) is 3.13. The Hall–Kier alpha value is -3.32. The zero-order valence-corrected chi connectivity index (χ0v) is 32.5. The van der Waals surface area contributed by atoms with Gasteiger partial charge >= 0.3 is 4.38 Å². The predicted molar refractivity (Wildman–Crippen MR) is 213 cm³/mol. The molecule has 0 amide bonds. The van der Waals surface area contributed by atoms with Crippen molar-refractivity contribution in [3.05, 3.63) is 89.5 Å². The molecule has 0 aliphatic heterocycles. The van der Waals surface area contributed by atoms with Crippen LogP contribution in [0.3, 0.4) is 0 Å². The number of unbranched alkanes of at least 4 members (excludes halogenated alkanes) is 16. The molecule has 0 fully saturated rings. The molecule has 8 heteroatoms. The summed E-state index contributed by atoms with van der Waals surface area (Å²) in [5, 5.41) is 3.09. The number of fused-ring (bicyclic) bond motifs is 2. The molecule has 0 heterocycles. The standard InChI is InChI=1S/C43H58N2O4S2/c1-3-5-7-9-11-13-15-17-19-21-35-23-25-39-33-41(29-27-37(39)31-35)50(46,47)43(45-44)51(48,49)42-30-28-38-32-36(24-26-40(38)34-42)22-20-18-16-14-12-10-8-6-4-2/h23-34H,3-22H2,1-2H3. The van der Waals surface area contributed by atoms with Gasteiger partial charge in [0.05, 0.1) is 9.79 Å². The minimum atomic E-state index is -4.66. The average molecular weight is 731 g/mol. The van der Waals surface area contributed by atoms with Gasteiger partial charge in [-0.05, 0) is 82.6 Å². The first kappa shape index (κ1) is 40.5. The van der Waals surface area contributed by atoms with Gasteiger partial charge < -0.3 is 5.53 Å². The molecule has 0 aliphatic carbocycles. The smallest absolute Gasteiger partial charge is 0.359 e. The first-order valence-electron chi connectivity index (χ1n) is 19.5. The summed E-state index contributed by atoms with van der Waals surface area (Å²) < 4.78 is 53.4. The molecule has 0 aromatic heterocycles. The van der Waals surface area contributed by atoms with Gasteiger partial charge in [-0.15, -0.1) is 4.79 Å². The van der Waals surface area contributed by atoms with E-state index in [1.165, 1.54) is 138 Å². The van der Waals surface area contributed by atoms with Crippen LogP contribution < -0.4 is 0 Å². The Morgan fingerprint density at radius 2 is 0.765 bits per heavy atom. The van der Waals surface area contributed by atoms with Crippen LogP contribution in [-0.4, -0.2) is 26.0 Å². The molecule has 0 saturated heterocycles. The van der Waals surface area contributed by atoms with E-state index in [-0.39, 0.29) is 9.79 Å². The predicted octanol–water partition coefficient (Wildman–Crippen LogP) is 12.0. The van der Waals surface area contributed by atoms with Crippen LogP contribution >= 0.6 is 0 Å². The highest BCUT2D eigenvalue weighted by Gasteiger charge is 2.44. The van der Waals surface area contributed by atoms with Gasteiger partial charge in [-0.2, -0.15) is 0 Å². The Morgan fingerprint density at radius 1 is 0.451 bits per heavy atom. The fraction of sp³-hybridized carbons (Fsp3) is 0.512. The van der Waals surface area contributed by atoms with Crippen molar-refractivity contribution in [2.45, 2.75) is 152 Å². The van der Waals surface area contributed by atoms with E-state index < -0.39 is 24.1 Å². The van der Waals surface area contributed by atoms with Gasteiger partial charge in [0.25, 0.3) is 19.7 Å². The second-order valence-corrected chi connectivity index (χ2v) is 18.2. The van der Waals surface area contributed by atoms with Crippen LogP contribution in [0.1, 0.15) is 141 Å². The van der Waals surface area contributed by atoms with Crippen molar-refractivity contribution < 1.29 is 21.6 Å². The Labute approximate surface area is 307 Å². The Kier molecular flexibility index (Phi) is 16.4. The van der Waals surface area contributed by atoms with Gasteiger partial charge in [-0.25, -0.2) is 16.8 Å². The first-order chi connectivity index (χ1) is 24.7. The molecule has 4 rings (SSSR count). The number of hydrogen-bond donors (Lipinski definition) is 0. The van der Waals surface area contributed by atoms with Crippen LogP contribution in [0.25, 0.3) is 27.1 Å². The molecular weight excluding hydrogens is 673 g/mol. The SMILES string of the molecule is CCCCCCCCCCCc1ccc2cc(S(=O)(=O)C(=[N+]=[N-])S(=O)(=O)c3ccc4cc(CCCCCCCCCCC)ccc4c3)ccc2c1. The summed E-state index contributed by atoms with van der Waals surface area (Å²) >= 11 is 0. The number of sulfone groups is 2. The lowest BCUT2D eigenvalue weighted by Crippen LogP contribution is -2.26. The lowest BCUT2D eigenvalue weighted by Gasteiger charge is -2.08. The fourth-order valence-corrected chi connectivity index (χ4v) is 10.3. The quantitative estimate of drug-likeness (QED) is 0.0264. The topological polar surface area (TPSA) is 105 Å². The van der Waals surface area contributed by atoms with Crippen molar-refractivity contribution >= 4 is 45.6 Å². The Bertz CT molecular complexity index is 1840. The zero-order valence-electron chi connectivity index (χ0n) is 30.9. The molecule has 0 spiro atoms. The summed E-state index contributed by atoms with van der Waals surface area (Å²) in [6, 6.07) is 20.9. The van der Waals surface area contributed by atoms with E-state index in [9.17, 15) is 22.4 Å². The lowest BCUT2D eigenvalue weighted by atomic mass is 10.0. The molecule has 0 saturated carbocycles. The molecule has 4 aromatic rings. The number of rotatable bonds is 22. The monoisotopic (exact) mass is 730 g/mol. The summed E-state index contributed by atoms with van der Waals surface area (Å²) in [4.78, 5) is 2.39. The summed E-state index contributed by atoms with van der Waals surface area (Å²) in [5.41, 5.74) is 12.2. The van der Waals surface area contributed by atoms with Gasteiger partial charge in [-0.3, -0.25) is 0 Å². The van der Waals surface area contributed by atoms with E-state index in [1.54, 1.807) is 12.1 Å². The van der Waals surface area contributed by atoms with Crippen LogP contribution in [0.5, 0.6) is 0 Å². The van der Waals surface area contributed by atoms with Crippen molar-refractivity contribution in [1.82, 2.24) is 0 Å². The maximum Gasteiger partial charge on any atom is 0.504 e. The van der Waals surface area contributed by atoms with Crippen molar-refractivity contribution in [3.63, 3.8) is 0 Å². The molecule has 276 valence electrons. The zero-order chi connectivity index (χ0) is 36.5. The summed E-state index contributed by atoms with van der Waals surface area (Å²) in [6.45, 7) is 4.48. The molecule has 0 unspecified atom stereocenters. The number of nitrogens with zero attached hydrogens (tertiary/aromatic N) is 2. The van der Waals surface area contributed by atoms with Gasteiger partial charge in [0.15, 0.2) is 0 Å². The van der Waals surface area contributed by atoms with Gasteiger partial charge in [-0.1, -0.05) is 165 Å². The normalized spacial score (nSPS) is 12.0. The second kappa shape index (κ2) is 20.7. The Balaban J connectivity index is 1.36. The Morgan fingerprint density at radius 3 is 1.12 bits per heavy atom. The first-order valence-corrected chi connectivity index (χ1v) is 22.4. The number of aryl methyl sites for hydroxylation is 2.